The second-order valence-corrected chi connectivity index (χ2v) is 28.2. The van der Waals surface area contributed by atoms with E-state index in [0.29, 0.717) is 0 Å². The van der Waals surface area contributed by atoms with Crippen LogP contribution in [0.25, 0.3) is 165 Å². The molecule has 19 rings (SSSR count). The zero-order chi connectivity index (χ0) is 67.2. The van der Waals surface area contributed by atoms with E-state index >= 15 is 0 Å². The maximum absolute atomic E-state index is 3.61. The fraction of sp³-hybridized carbons (Fsp3) is 0.0213. The summed E-state index contributed by atoms with van der Waals surface area (Å²) in [6.45, 7) is 3.18. The number of halogens is 3. The third kappa shape index (κ3) is 11.9. The van der Waals surface area contributed by atoms with Crippen LogP contribution in [0.3, 0.4) is 0 Å². The standard InChI is InChI=1S/2C34H22BrN.C26H20BrN/c35-28-13-6-12-26(21-28)24-10-5-11-25(20-24)27-18-19-34-31(22-27)30-15-3-4-16-33(30)36(34)32-17-7-9-23-8-1-2-14-29(23)32;35-29-12-6-11-26(20-29)24-9-5-10-25(19-24)28-16-18-34-32(22-28)31-13-3-4-14-33(31)36(34)30-17-15-23-7-1-2-8-27(23)21-30;1-2-28-25-12-4-3-11-23(25)24-17-21(13-14-26(24)28)19-8-5-7-18(15-19)20-9-6-10-22(27)16-20/h2*1-22H;3-17H,2H2,1H3. The first-order valence-corrected chi connectivity index (χ1v) is 36.3. The molecule has 19 aromatic rings. The number of rotatable bonds is 9. The van der Waals surface area contributed by atoms with Crippen molar-refractivity contribution in [3.05, 3.63) is 371 Å². The number of para-hydroxylation sites is 3. The smallest absolute Gasteiger partial charge is 0.0541 e. The van der Waals surface area contributed by atoms with Crippen molar-refractivity contribution in [3.63, 3.8) is 0 Å². The number of benzene rings is 16. The Kier molecular flexibility index (Phi) is 16.8. The summed E-state index contributed by atoms with van der Waals surface area (Å²) in [5.74, 6) is 0. The minimum absolute atomic E-state index is 0.974. The largest absolute Gasteiger partial charge is 0.341 e. The van der Waals surface area contributed by atoms with E-state index in [9.17, 15) is 0 Å². The summed E-state index contributed by atoms with van der Waals surface area (Å²) < 4.78 is 10.5. The molecule has 3 heterocycles. The average Bonchev–Trinajstić information content (AvgIpc) is 1.61. The molecule has 0 fully saturated rings. The highest BCUT2D eigenvalue weighted by atomic mass is 79.9. The first-order chi connectivity index (χ1) is 49.2. The number of hydrogen-bond donors (Lipinski definition) is 0. The second kappa shape index (κ2) is 27.0. The van der Waals surface area contributed by atoms with Gasteiger partial charge >= 0.3 is 0 Å². The zero-order valence-electron chi connectivity index (χ0n) is 54.7. The van der Waals surface area contributed by atoms with Gasteiger partial charge in [-0.15, -0.1) is 0 Å². The Morgan fingerprint density at radius 2 is 0.530 bits per heavy atom. The zero-order valence-corrected chi connectivity index (χ0v) is 59.5. The Labute approximate surface area is 606 Å². The molecule has 0 radical (unpaired) electrons. The first-order valence-electron chi connectivity index (χ1n) is 33.9. The van der Waals surface area contributed by atoms with Gasteiger partial charge < -0.3 is 13.7 Å². The Bertz CT molecular complexity index is 6330. The van der Waals surface area contributed by atoms with Crippen molar-refractivity contribution in [2.75, 3.05) is 0 Å². The molecule has 16 aromatic carbocycles. The summed E-state index contributed by atoms with van der Waals surface area (Å²) >= 11 is 10.8. The monoisotopic (exact) mass is 1470 g/mol. The van der Waals surface area contributed by atoms with Gasteiger partial charge in [0.15, 0.2) is 0 Å². The van der Waals surface area contributed by atoms with Crippen molar-refractivity contribution < 1.29 is 0 Å². The van der Waals surface area contributed by atoms with Crippen LogP contribution >= 0.6 is 47.8 Å². The van der Waals surface area contributed by atoms with Gasteiger partial charge in [-0.05, 0) is 217 Å². The van der Waals surface area contributed by atoms with Crippen molar-refractivity contribution in [3.8, 4) is 78.1 Å². The average molecular weight is 1480 g/mol. The predicted octanol–water partition coefficient (Wildman–Crippen LogP) is 28.0. The maximum atomic E-state index is 3.61. The van der Waals surface area contributed by atoms with Crippen LogP contribution in [0.15, 0.2) is 371 Å². The van der Waals surface area contributed by atoms with Crippen LogP contribution in [0.5, 0.6) is 0 Å². The van der Waals surface area contributed by atoms with Gasteiger partial charge in [0.1, 0.15) is 0 Å². The van der Waals surface area contributed by atoms with Crippen LogP contribution in [0.1, 0.15) is 6.92 Å². The van der Waals surface area contributed by atoms with E-state index in [4.69, 9.17) is 0 Å². The van der Waals surface area contributed by atoms with Gasteiger partial charge in [-0.3, -0.25) is 0 Å². The van der Waals surface area contributed by atoms with Gasteiger partial charge in [0.2, 0.25) is 0 Å². The molecule has 0 aliphatic heterocycles. The molecule has 0 unspecified atom stereocenters. The van der Waals surface area contributed by atoms with Gasteiger partial charge in [0.05, 0.1) is 27.8 Å². The van der Waals surface area contributed by atoms with Crippen LogP contribution in [0.4, 0.5) is 0 Å². The normalized spacial score (nSPS) is 11.4. The van der Waals surface area contributed by atoms with Crippen LogP contribution < -0.4 is 0 Å². The van der Waals surface area contributed by atoms with Crippen molar-refractivity contribution in [2.24, 2.45) is 0 Å². The number of nitrogens with zero attached hydrogens (tertiary/aromatic N) is 3. The Morgan fingerprint density at radius 3 is 1.01 bits per heavy atom. The molecule has 3 aromatic heterocycles. The molecule has 0 amide bonds. The maximum Gasteiger partial charge on any atom is 0.0541 e. The molecule has 0 aliphatic rings. The highest BCUT2D eigenvalue weighted by molar-refractivity contribution is 9.11. The number of hydrogen-bond acceptors (Lipinski definition) is 0. The lowest BCUT2D eigenvalue weighted by Gasteiger charge is -2.12. The highest BCUT2D eigenvalue weighted by Gasteiger charge is 2.18. The van der Waals surface area contributed by atoms with Crippen molar-refractivity contribution in [1.29, 1.82) is 0 Å². The number of aryl methyl sites for hydroxylation is 1. The van der Waals surface area contributed by atoms with E-state index in [1.165, 1.54) is 165 Å². The van der Waals surface area contributed by atoms with E-state index < -0.39 is 0 Å². The SMILES string of the molecule is Brc1cccc(-c2cccc(-c3ccc4c(c3)c3ccccc3n4-c3ccc4ccccc4c3)c2)c1.Brc1cccc(-c2cccc(-c3ccc4c(c3)c3ccccc3n4-c3cccc4ccccc34)c2)c1.CCn1c2ccccc2c2cc(-c3cccc(-c4cccc(Br)c4)c3)ccc21. The van der Waals surface area contributed by atoms with Crippen LogP contribution in [0.2, 0.25) is 0 Å². The number of aromatic nitrogens is 3. The lowest BCUT2D eigenvalue weighted by molar-refractivity contribution is 0.827. The summed E-state index contributed by atoms with van der Waals surface area (Å²) in [6, 6.07) is 129. The Balaban J connectivity index is 0.000000113. The van der Waals surface area contributed by atoms with Gasteiger partial charge in [-0.1, -0.05) is 278 Å². The minimum Gasteiger partial charge on any atom is -0.341 e. The molecule has 0 saturated heterocycles. The summed E-state index contributed by atoms with van der Waals surface area (Å²) in [6.07, 6.45) is 0. The molecular formula is C94H64Br3N3. The lowest BCUT2D eigenvalue weighted by atomic mass is 9.98. The quantitative estimate of drug-likeness (QED) is 0.137. The highest BCUT2D eigenvalue weighted by Crippen LogP contribution is 2.41. The van der Waals surface area contributed by atoms with E-state index in [1.54, 1.807) is 0 Å². The van der Waals surface area contributed by atoms with Gasteiger partial charge in [-0.25, -0.2) is 0 Å². The molecule has 0 spiro atoms. The fourth-order valence-electron chi connectivity index (χ4n) is 14.8. The predicted molar refractivity (Wildman–Crippen MR) is 437 cm³/mol. The van der Waals surface area contributed by atoms with Gasteiger partial charge in [0, 0.05) is 74.4 Å². The van der Waals surface area contributed by atoms with Gasteiger partial charge in [0.25, 0.3) is 0 Å². The molecule has 0 atom stereocenters. The van der Waals surface area contributed by atoms with Crippen LogP contribution in [-0.4, -0.2) is 13.7 Å². The van der Waals surface area contributed by atoms with E-state index in [1.807, 2.05) is 0 Å². The van der Waals surface area contributed by atoms with Crippen LogP contribution in [0, 0.1) is 0 Å². The lowest BCUT2D eigenvalue weighted by Crippen LogP contribution is -1.95. The molecule has 0 saturated carbocycles. The molecule has 0 bridgehead atoms. The summed E-state index contributed by atoms with van der Waals surface area (Å²) in [7, 11) is 0. The fourth-order valence-corrected chi connectivity index (χ4v) is 16.0. The molecule has 3 nitrogen and oxygen atoms in total. The third-order valence-electron chi connectivity index (χ3n) is 19.5. The molecule has 0 aliphatic carbocycles. The van der Waals surface area contributed by atoms with Gasteiger partial charge in [-0.2, -0.15) is 0 Å². The molecular weight excluding hydrogens is 1410 g/mol. The molecule has 0 N–H and O–H groups in total. The van der Waals surface area contributed by atoms with Crippen molar-refractivity contribution >= 4 is 135 Å². The summed E-state index contributed by atoms with van der Waals surface area (Å²) in [5, 5.41) is 12.7. The third-order valence-corrected chi connectivity index (χ3v) is 21.0. The van der Waals surface area contributed by atoms with Crippen molar-refractivity contribution in [2.45, 2.75) is 13.5 Å². The van der Waals surface area contributed by atoms with E-state index in [0.717, 1.165) is 20.0 Å². The molecule has 476 valence electrons. The number of fused-ring (bicyclic) bond motifs is 11. The second-order valence-electron chi connectivity index (χ2n) is 25.5. The van der Waals surface area contributed by atoms with E-state index in [-0.39, 0.29) is 0 Å². The van der Waals surface area contributed by atoms with Crippen LogP contribution in [-0.2, 0) is 6.54 Å². The Hall–Kier alpha value is -11.1. The molecule has 6 heteroatoms. The summed E-state index contributed by atoms with van der Waals surface area (Å²) in [4.78, 5) is 0. The first kappa shape index (κ1) is 62.4. The minimum atomic E-state index is 0.974. The summed E-state index contributed by atoms with van der Waals surface area (Å²) in [5.41, 5.74) is 24.6. The van der Waals surface area contributed by atoms with Crippen molar-refractivity contribution in [1.82, 2.24) is 13.7 Å². The van der Waals surface area contributed by atoms with E-state index in [2.05, 4.69) is 426 Å². The molecule has 100 heavy (non-hydrogen) atoms. The topological polar surface area (TPSA) is 14.8 Å². The Morgan fingerprint density at radius 1 is 0.210 bits per heavy atom.